The highest BCUT2D eigenvalue weighted by molar-refractivity contribution is 5.04. The fourth-order valence-electron chi connectivity index (χ4n) is 0.866. The lowest BCUT2D eigenvalue weighted by atomic mass is 9.99. The van der Waals surface area contributed by atoms with Crippen LogP contribution in [0.5, 0.6) is 0 Å². The van der Waals surface area contributed by atoms with Gasteiger partial charge in [-0.25, -0.2) is 8.78 Å². The van der Waals surface area contributed by atoms with Crippen LogP contribution in [0.25, 0.3) is 0 Å². The quantitative estimate of drug-likeness (QED) is 0.760. The molecule has 1 atom stereocenters. The second kappa shape index (κ2) is 3.23. The SMILES string of the molecule is CC(N)(Cc1ccco1)C(F)F. The maximum Gasteiger partial charge on any atom is 0.256 e. The monoisotopic (exact) mass is 175 g/mol. The zero-order valence-corrected chi connectivity index (χ0v) is 6.76. The minimum atomic E-state index is -2.54. The Hall–Kier alpha value is -0.900. The summed E-state index contributed by atoms with van der Waals surface area (Å²) in [6.07, 6.45) is -1.04. The van der Waals surface area contributed by atoms with Crippen LogP contribution >= 0.6 is 0 Å². The van der Waals surface area contributed by atoms with Gasteiger partial charge in [-0.1, -0.05) is 0 Å². The van der Waals surface area contributed by atoms with E-state index in [9.17, 15) is 8.78 Å². The molecule has 68 valence electrons. The van der Waals surface area contributed by atoms with Crippen LogP contribution in [0.15, 0.2) is 22.8 Å². The van der Waals surface area contributed by atoms with Gasteiger partial charge < -0.3 is 10.2 Å². The predicted molar refractivity (Wildman–Crippen MR) is 41.0 cm³/mol. The van der Waals surface area contributed by atoms with E-state index in [1.54, 1.807) is 12.1 Å². The molecule has 0 aromatic carbocycles. The number of nitrogens with two attached hydrogens (primary N) is 1. The predicted octanol–water partition coefficient (Wildman–Crippen LogP) is 1.80. The Morgan fingerprint density at radius 3 is 2.75 bits per heavy atom. The van der Waals surface area contributed by atoms with E-state index in [0.717, 1.165) is 0 Å². The Labute approximate surface area is 69.4 Å². The van der Waals surface area contributed by atoms with Crippen molar-refractivity contribution in [1.29, 1.82) is 0 Å². The molecular formula is C8H11F2NO. The average Bonchev–Trinajstić information content (AvgIpc) is 2.38. The summed E-state index contributed by atoms with van der Waals surface area (Å²) in [4.78, 5) is 0. The molecular weight excluding hydrogens is 164 g/mol. The van der Waals surface area contributed by atoms with E-state index in [-0.39, 0.29) is 6.42 Å². The lowest BCUT2D eigenvalue weighted by molar-refractivity contribution is 0.0610. The molecule has 2 N–H and O–H groups in total. The molecule has 0 amide bonds. The number of hydrogen-bond donors (Lipinski definition) is 1. The summed E-state index contributed by atoms with van der Waals surface area (Å²) in [5, 5.41) is 0. The lowest BCUT2D eigenvalue weighted by Gasteiger charge is -2.21. The van der Waals surface area contributed by atoms with Crippen molar-refractivity contribution in [2.24, 2.45) is 5.73 Å². The van der Waals surface area contributed by atoms with Crippen LogP contribution in [0.2, 0.25) is 0 Å². The molecule has 4 heteroatoms. The summed E-state index contributed by atoms with van der Waals surface area (Å²) < 4.78 is 29.4. The molecule has 0 radical (unpaired) electrons. The van der Waals surface area contributed by atoms with Gasteiger partial charge in [0.05, 0.1) is 11.8 Å². The standard InChI is InChI=1S/C8H11F2NO/c1-8(11,7(9)10)5-6-3-2-4-12-6/h2-4,7H,5,11H2,1H3. The Morgan fingerprint density at radius 2 is 2.33 bits per heavy atom. The number of hydrogen-bond acceptors (Lipinski definition) is 2. The van der Waals surface area contributed by atoms with Gasteiger partial charge in [0.2, 0.25) is 0 Å². The van der Waals surface area contributed by atoms with Gasteiger partial charge in [-0.3, -0.25) is 0 Å². The van der Waals surface area contributed by atoms with Crippen molar-refractivity contribution in [3.63, 3.8) is 0 Å². The Kier molecular flexibility index (Phi) is 2.47. The van der Waals surface area contributed by atoms with Gasteiger partial charge >= 0.3 is 0 Å². The third-order valence-corrected chi connectivity index (χ3v) is 1.63. The van der Waals surface area contributed by atoms with Gasteiger partial charge in [-0.05, 0) is 19.1 Å². The fraction of sp³-hybridized carbons (Fsp3) is 0.500. The Balaban J connectivity index is 2.62. The van der Waals surface area contributed by atoms with Crippen molar-refractivity contribution in [2.75, 3.05) is 0 Å². The maximum atomic E-state index is 12.2. The van der Waals surface area contributed by atoms with Crippen molar-refractivity contribution in [3.05, 3.63) is 24.2 Å². The molecule has 0 aliphatic rings. The summed E-state index contributed by atoms with van der Waals surface area (Å²) >= 11 is 0. The molecule has 0 aliphatic carbocycles. The molecule has 0 saturated heterocycles. The molecule has 0 saturated carbocycles. The molecule has 0 fully saturated rings. The summed E-state index contributed by atoms with van der Waals surface area (Å²) in [6, 6.07) is 3.28. The van der Waals surface area contributed by atoms with Crippen LogP contribution in [-0.4, -0.2) is 12.0 Å². The summed E-state index contributed by atoms with van der Waals surface area (Å²) in [7, 11) is 0. The van der Waals surface area contributed by atoms with Crippen molar-refractivity contribution >= 4 is 0 Å². The molecule has 1 heterocycles. The molecule has 1 aromatic heterocycles. The topological polar surface area (TPSA) is 39.2 Å². The van der Waals surface area contributed by atoms with E-state index in [1.165, 1.54) is 13.2 Å². The van der Waals surface area contributed by atoms with Crippen LogP contribution in [0, 0.1) is 0 Å². The number of halogens is 2. The number of rotatable bonds is 3. The van der Waals surface area contributed by atoms with E-state index < -0.39 is 12.0 Å². The van der Waals surface area contributed by atoms with Crippen molar-refractivity contribution < 1.29 is 13.2 Å². The summed E-state index contributed by atoms with van der Waals surface area (Å²) in [5.41, 5.74) is 3.84. The van der Waals surface area contributed by atoms with E-state index >= 15 is 0 Å². The maximum absolute atomic E-state index is 12.2. The molecule has 1 aromatic rings. The zero-order chi connectivity index (χ0) is 9.19. The third-order valence-electron chi connectivity index (χ3n) is 1.63. The van der Waals surface area contributed by atoms with Gasteiger partial charge in [0.25, 0.3) is 6.43 Å². The second-order valence-electron chi connectivity index (χ2n) is 3.06. The van der Waals surface area contributed by atoms with Gasteiger partial charge in [0, 0.05) is 6.42 Å². The van der Waals surface area contributed by atoms with Crippen molar-refractivity contribution in [3.8, 4) is 0 Å². The Bertz CT molecular complexity index is 231. The van der Waals surface area contributed by atoms with Gasteiger partial charge in [0.15, 0.2) is 0 Å². The molecule has 0 spiro atoms. The average molecular weight is 175 g/mol. The van der Waals surface area contributed by atoms with E-state index in [2.05, 4.69) is 0 Å². The highest BCUT2D eigenvalue weighted by Crippen LogP contribution is 2.18. The molecule has 1 unspecified atom stereocenters. The van der Waals surface area contributed by atoms with E-state index in [1.807, 2.05) is 0 Å². The highest BCUT2D eigenvalue weighted by Gasteiger charge is 2.31. The first-order valence-electron chi connectivity index (χ1n) is 3.62. The van der Waals surface area contributed by atoms with E-state index in [0.29, 0.717) is 5.76 Å². The van der Waals surface area contributed by atoms with Crippen LogP contribution in [0.4, 0.5) is 8.78 Å². The normalized spacial score (nSPS) is 16.4. The summed E-state index contributed by atoms with van der Waals surface area (Å²) in [6.45, 7) is 1.31. The minimum Gasteiger partial charge on any atom is -0.469 e. The third kappa shape index (κ3) is 2.04. The number of furan rings is 1. The van der Waals surface area contributed by atoms with Crippen LogP contribution in [0.3, 0.4) is 0 Å². The first kappa shape index (κ1) is 9.19. The summed E-state index contributed by atoms with van der Waals surface area (Å²) in [5.74, 6) is 0.486. The smallest absolute Gasteiger partial charge is 0.256 e. The second-order valence-corrected chi connectivity index (χ2v) is 3.06. The molecule has 0 aliphatic heterocycles. The van der Waals surface area contributed by atoms with Gasteiger partial charge in [-0.15, -0.1) is 0 Å². The minimum absolute atomic E-state index is 0.0532. The lowest BCUT2D eigenvalue weighted by Crippen LogP contribution is -2.45. The van der Waals surface area contributed by atoms with Gasteiger partial charge in [0.1, 0.15) is 5.76 Å². The van der Waals surface area contributed by atoms with Crippen molar-refractivity contribution in [1.82, 2.24) is 0 Å². The van der Waals surface area contributed by atoms with Crippen LogP contribution < -0.4 is 5.73 Å². The van der Waals surface area contributed by atoms with Crippen LogP contribution in [-0.2, 0) is 6.42 Å². The van der Waals surface area contributed by atoms with Gasteiger partial charge in [-0.2, -0.15) is 0 Å². The zero-order valence-electron chi connectivity index (χ0n) is 6.76. The molecule has 0 bridgehead atoms. The molecule has 12 heavy (non-hydrogen) atoms. The first-order chi connectivity index (χ1) is 5.52. The van der Waals surface area contributed by atoms with Crippen LogP contribution in [0.1, 0.15) is 12.7 Å². The fourth-order valence-corrected chi connectivity index (χ4v) is 0.866. The molecule has 1 rings (SSSR count). The largest absolute Gasteiger partial charge is 0.469 e. The highest BCUT2D eigenvalue weighted by atomic mass is 19.3. The van der Waals surface area contributed by atoms with E-state index in [4.69, 9.17) is 10.2 Å². The first-order valence-corrected chi connectivity index (χ1v) is 3.62. The number of alkyl halides is 2. The molecule has 2 nitrogen and oxygen atoms in total. The Morgan fingerprint density at radius 1 is 1.67 bits per heavy atom. The van der Waals surface area contributed by atoms with Crippen molar-refractivity contribution in [2.45, 2.75) is 25.3 Å².